The van der Waals surface area contributed by atoms with Crippen molar-refractivity contribution >= 4 is 23.2 Å². The minimum atomic E-state index is -1.12. The maximum absolute atomic E-state index is 10.6. The van der Waals surface area contributed by atoms with Crippen LogP contribution in [0.1, 0.15) is 18.1 Å². The van der Waals surface area contributed by atoms with E-state index in [1.165, 1.54) is 0 Å². The molecule has 3 heteroatoms. The Morgan fingerprint density at radius 1 is 0.941 bits per heavy atom. The Morgan fingerprint density at radius 3 is 2.12 bits per heavy atom. The Labute approximate surface area is 111 Å². The van der Waals surface area contributed by atoms with Gasteiger partial charge in [-0.2, -0.15) is 0 Å². The lowest BCUT2D eigenvalue weighted by molar-refractivity contribution is 0.102. The molecule has 2 rings (SSSR count). The van der Waals surface area contributed by atoms with E-state index in [9.17, 15) is 5.11 Å². The fraction of sp³-hybridized carbons (Fsp3) is 0.143. The molecular weight excluding hydrogens is 255 g/mol. The molecule has 0 amide bonds. The van der Waals surface area contributed by atoms with Crippen molar-refractivity contribution in [2.75, 3.05) is 0 Å². The van der Waals surface area contributed by atoms with Gasteiger partial charge in [0.15, 0.2) is 0 Å². The molecule has 0 heterocycles. The van der Waals surface area contributed by atoms with Crippen LogP contribution in [0.5, 0.6) is 0 Å². The second-order valence-corrected chi connectivity index (χ2v) is 4.90. The molecule has 0 aliphatic heterocycles. The Bertz CT molecular complexity index is 518. The molecule has 0 bridgehead atoms. The summed E-state index contributed by atoms with van der Waals surface area (Å²) in [4.78, 5) is 0. The number of rotatable bonds is 2. The Morgan fingerprint density at radius 2 is 1.53 bits per heavy atom. The number of benzene rings is 2. The third-order valence-electron chi connectivity index (χ3n) is 2.80. The van der Waals surface area contributed by atoms with E-state index in [0.29, 0.717) is 15.6 Å². The number of aliphatic hydroxyl groups is 1. The zero-order chi connectivity index (χ0) is 12.5. The van der Waals surface area contributed by atoms with Gasteiger partial charge in [0.1, 0.15) is 5.60 Å². The fourth-order valence-electron chi connectivity index (χ4n) is 1.79. The Hall–Kier alpha value is -1.02. The molecule has 1 atom stereocenters. The van der Waals surface area contributed by atoms with Crippen molar-refractivity contribution in [3.05, 3.63) is 69.7 Å². The molecule has 1 nitrogen and oxygen atoms in total. The van der Waals surface area contributed by atoms with Gasteiger partial charge < -0.3 is 5.11 Å². The SMILES string of the molecule is CC(O)(c1ccc(Cl)cc1)c1ccccc1Cl. The zero-order valence-corrected chi connectivity index (χ0v) is 10.8. The minimum Gasteiger partial charge on any atom is -0.381 e. The number of halogens is 2. The highest BCUT2D eigenvalue weighted by atomic mass is 35.5. The number of hydrogen-bond donors (Lipinski definition) is 1. The fourth-order valence-corrected chi connectivity index (χ4v) is 2.23. The maximum atomic E-state index is 10.6. The standard InChI is InChI=1S/C14H12Cl2O/c1-14(17,10-6-8-11(15)9-7-10)12-4-2-3-5-13(12)16/h2-9,17H,1H3. The molecule has 0 aliphatic rings. The van der Waals surface area contributed by atoms with Crippen molar-refractivity contribution in [3.8, 4) is 0 Å². The summed E-state index contributed by atoms with van der Waals surface area (Å²) in [6, 6.07) is 14.4. The van der Waals surface area contributed by atoms with Gasteiger partial charge in [0.25, 0.3) is 0 Å². The first-order chi connectivity index (χ1) is 8.01. The topological polar surface area (TPSA) is 20.2 Å². The summed E-state index contributed by atoms with van der Waals surface area (Å²) >= 11 is 11.9. The second kappa shape index (κ2) is 4.69. The smallest absolute Gasteiger partial charge is 0.113 e. The van der Waals surface area contributed by atoms with E-state index in [1.54, 1.807) is 37.3 Å². The van der Waals surface area contributed by atoms with Gasteiger partial charge in [0.2, 0.25) is 0 Å². The van der Waals surface area contributed by atoms with Crippen LogP contribution >= 0.6 is 23.2 Å². The van der Waals surface area contributed by atoms with E-state index < -0.39 is 5.60 Å². The van der Waals surface area contributed by atoms with Gasteiger partial charge in [0, 0.05) is 15.6 Å². The average Bonchev–Trinajstić information content (AvgIpc) is 2.30. The van der Waals surface area contributed by atoms with E-state index in [0.717, 1.165) is 5.56 Å². The van der Waals surface area contributed by atoms with Crippen LogP contribution in [-0.2, 0) is 5.60 Å². The highest BCUT2D eigenvalue weighted by Crippen LogP contribution is 2.34. The van der Waals surface area contributed by atoms with Crippen molar-refractivity contribution < 1.29 is 5.11 Å². The zero-order valence-electron chi connectivity index (χ0n) is 9.32. The molecule has 0 aliphatic carbocycles. The molecule has 0 fully saturated rings. The normalized spacial score (nSPS) is 14.4. The summed E-state index contributed by atoms with van der Waals surface area (Å²) in [5, 5.41) is 11.8. The van der Waals surface area contributed by atoms with E-state index in [4.69, 9.17) is 23.2 Å². The molecule has 0 saturated heterocycles. The summed E-state index contributed by atoms with van der Waals surface area (Å²) in [6.07, 6.45) is 0. The molecule has 0 aromatic heterocycles. The van der Waals surface area contributed by atoms with Gasteiger partial charge in [-0.1, -0.05) is 53.5 Å². The summed E-state index contributed by atoms with van der Waals surface area (Å²) < 4.78 is 0. The van der Waals surface area contributed by atoms with Crippen LogP contribution in [0.3, 0.4) is 0 Å². The van der Waals surface area contributed by atoms with Gasteiger partial charge in [-0.15, -0.1) is 0 Å². The first-order valence-corrected chi connectivity index (χ1v) is 6.01. The van der Waals surface area contributed by atoms with Gasteiger partial charge in [-0.3, -0.25) is 0 Å². The lowest BCUT2D eigenvalue weighted by Gasteiger charge is -2.25. The van der Waals surface area contributed by atoms with Crippen molar-refractivity contribution in [2.45, 2.75) is 12.5 Å². The summed E-state index contributed by atoms with van der Waals surface area (Å²) in [5.41, 5.74) is 0.321. The molecule has 88 valence electrons. The van der Waals surface area contributed by atoms with Gasteiger partial charge in [0.05, 0.1) is 0 Å². The van der Waals surface area contributed by atoms with Crippen LogP contribution < -0.4 is 0 Å². The molecule has 1 N–H and O–H groups in total. The predicted molar refractivity (Wildman–Crippen MR) is 71.6 cm³/mol. The molecule has 2 aromatic rings. The van der Waals surface area contributed by atoms with Crippen LogP contribution in [0.25, 0.3) is 0 Å². The largest absolute Gasteiger partial charge is 0.381 e. The first kappa shape index (κ1) is 12.4. The van der Waals surface area contributed by atoms with E-state index in [-0.39, 0.29) is 0 Å². The lowest BCUT2D eigenvalue weighted by Crippen LogP contribution is -2.23. The van der Waals surface area contributed by atoms with E-state index in [2.05, 4.69) is 0 Å². The third kappa shape index (κ3) is 2.47. The van der Waals surface area contributed by atoms with Crippen LogP contribution in [0.4, 0.5) is 0 Å². The average molecular weight is 267 g/mol. The van der Waals surface area contributed by atoms with Crippen molar-refractivity contribution in [1.82, 2.24) is 0 Å². The van der Waals surface area contributed by atoms with Gasteiger partial charge >= 0.3 is 0 Å². The lowest BCUT2D eigenvalue weighted by atomic mass is 9.88. The highest BCUT2D eigenvalue weighted by molar-refractivity contribution is 6.31. The molecule has 0 spiro atoms. The van der Waals surface area contributed by atoms with Crippen LogP contribution in [0, 0.1) is 0 Å². The summed E-state index contributed by atoms with van der Waals surface area (Å²) in [5.74, 6) is 0. The molecule has 17 heavy (non-hydrogen) atoms. The maximum Gasteiger partial charge on any atom is 0.113 e. The van der Waals surface area contributed by atoms with Gasteiger partial charge in [-0.25, -0.2) is 0 Å². The van der Waals surface area contributed by atoms with Crippen molar-refractivity contribution in [2.24, 2.45) is 0 Å². The second-order valence-electron chi connectivity index (χ2n) is 4.06. The predicted octanol–water partition coefficient (Wildman–Crippen LogP) is 4.25. The molecular formula is C14H12Cl2O. The summed E-state index contributed by atoms with van der Waals surface area (Å²) in [6.45, 7) is 1.72. The quantitative estimate of drug-likeness (QED) is 0.862. The Balaban J connectivity index is 2.49. The number of hydrogen-bond acceptors (Lipinski definition) is 1. The van der Waals surface area contributed by atoms with Crippen LogP contribution in [0.15, 0.2) is 48.5 Å². The van der Waals surface area contributed by atoms with Crippen molar-refractivity contribution in [3.63, 3.8) is 0 Å². The third-order valence-corrected chi connectivity index (χ3v) is 3.39. The Kier molecular flexibility index (Phi) is 3.43. The van der Waals surface area contributed by atoms with Crippen LogP contribution in [0.2, 0.25) is 10.0 Å². The molecule has 1 unspecified atom stereocenters. The van der Waals surface area contributed by atoms with Gasteiger partial charge in [-0.05, 0) is 30.7 Å². The minimum absolute atomic E-state index is 0.549. The van der Waals surface area contributed by atoms with Crippen molar-refractivity contribution in [1.29, 1.82) is 0 Å². The van der Waals surface area contributed by atoms with E-state index >= 15 is 0 Å². The first-order valence-electron chi connectivity index (χ1n) is 5.25. The molecule has 2 aromatic carbocycles. The summed E-state index contributed by atoms with van der Waals surface area (Å²) in [7, 11) is 0. The van der Waals surface area contributed by atoms with E-state index in [1.807, 2.05) is 18.2 Å². The molecule has 0 saturated carbocycles. The molecule has 0 radical (unpaired) electrons. The highest BCUT2D eigenvalue weighted by Gasteiger charge is 2.27. The monoisotopic (exact) mass is 266 g/mol. The van der Waals surface area contributed by atoms with Crippen LogP contribution in [-0.4, -0.2) is 5.11 Å².